The number of oxazole rings is 1. The number of anilines is 1. The van der Waals surface area contributed by atoms with E-state index in [0.29, 0.717) is 23.5 Å². The van der Waals surface area contributed by atoms with Crippen LogP contribution in [0.1, 0.15) is 30.1 Å². The third kappa shape index (κ3) is 2.56. The molecule has 0 radical (unpaired) electrons. The van der Waals surface area contributed by atoms with E-state index in [4.69, 9.17) is 13.9 Å². The Bertz CT molecular complexity index is 964. The van der Waals surface area contributed by atoms with E-state index in [2.05, 4.69) is 25.9 Å². The van der Waals surface area contributed by atoms with Gasteiger partial charge in [0.1, 0.15) is 5.82 Å². The predicted molar refractivity (Wildman–Crippen MR) is 90.8 cm³/mol. The van der Waals surface area contributed by atoms with E-state index in [9.17, 15) is 0 Å². The molecule has 0 N–H and O–H groups in total. The van der Waals surface area contributed by atoms with E-state index in [1.54, 1.807) is 0 Å². The lowest BCUT2D eigenvalue weighted by Crippen LogP contribution is -2.26. The highest BCUT2D eigenvalue weighted by Gasteiger charge is 2.32. The van der Waals surface area contributed by atoms with Crippen LogP contribution >= 0.6 is 0 Å². The highest BCUT2D eigenvalue weighted by molar-refractivity contribution is 5.82. The molecule has 128 valence electrons. The van der Waals surface area contributed by atoms with Gasteiger partial charge >= 0.3 is 0 Å². The third-order valence-corrected chi connectivity index (χ3v) is 4.51. The van der Waals surface area contributed by atoms with Gasteiger partial charge in [0.05, 0.1) is 0 Å². The Balaban J connectivity index is 1.55. The number of rotatable bonds is 4. The van der Waals surface area contributed by atoms with Crippen LogP contribution in [0.25, 0.3) is 11.2 Å². The number of ether oxygens (including phenoxy) is 2. The van der Waals surface area contributed by atoms with Crippen molar-refractivity contribution in [3.05, 3.63) is 35.5 Å². The lowest BCUT2D eigenvalue weighted by Gasteiger charge is -2.24. The fourth-order valence-corrected chi connectivity index (χ4v) is 3.22. The molecule has 25 heavy (non-hydrogen) atoms. The van der Waals surface area contributed by atoms with Gasteiger partial charge in [0.15, 0.2) is 28.7 Å². The SMILES string of the molecule is Cc1nc(N(Cc2ccc3c(c2)OCO3)C2CC2)c2nc(C)oc2n1. The Labute approximate surface area is 144 Å². The summed E-state index contributed by atoms with van der Waals surface area (Å²) in [6.45, 7) is 4.74. The molecular formula is C18H18N4O3. The van der Waals surface area contributed by atoms with Crippen LogP contribution in [0.15, 0.2) is 22.6 Å². The summed E-state index contributed by atoms with van der Waals surface area (Å²) in [5, 5.41) is 0. The smallest absolute Gasteiger partial charge is 0.252 e. The molecule has 1 aliphatic heterocycles. The Morgan fingerprint density at radius 1 is 1.08 bits per heavy atom. The Hall–Kier alpha value is -2.83. The van der Waals surface area contributed by atoms with Crippen molar-refractivity contribution in [2.24, 2.45) is 0 Å². The van der Waals surface area contributed by atoms with Gasteiger partial charge < -0.3 is 18.8 Å². The standard InChI is InChI=1S/C18H18N4O3/c1-10-19-17(16-18(20-10)25-11(2)21-16)22(13-4-5-13)8-12-3-6-14-15(7-12)24-9-23-14/h3,6-7,13H,4-5,8-9H2,1-2H3. The van der Waals surface area contributed by atoms with Gasteiger partial charge in [-0.15, -0.1) is 0 Å². The Morgan fingerprint density at radius 2 is 1.92 bits per heavy atom. The number of benzene rings is 1. The van der Waals surface area contributed by atoms with Crippen LogP contribution in [0.3, 0.4) is 0 Å². The normalized spacial score (nSPS) is 15.8. The van der Waals surface area contributed by atoms with Crippen molar-refractivity contribution in [2.45, 2.75) is 39.3 Å². The molecule has 0 saturated heterocycles. The maximum Gasteiger partial charge on any atom is 0.252 e. The molecule has 0 spiro atoms. The molecule has 7 heteroatoms. The van der Waals surface area contributed by atoms with Crippen LogP contribution in [0.4, 0.5) is 5.82 Å². The van der Waals surface area contributed by atoms with Gasteiger partial charge in [0, 0.05) is 19.5 Å². The van der Waals surface area contributed by atoms with E-state index in [0.717, 1.165) is 47.8 Å². The third-order valence-electron chi connectivity index (χ3n) is 4.51. The first-order valence-corrected chi connectivity index (χ1v) is 8.44. The molecule has 1 aromatic carbocycles. The van der Waals surface area contributed by atoms with E-state index in [1.807, 2.05) is 26.0 Å². The van der Waals surface area contributed by atoms with Crippen LogP contribution < -0.4 is 14.4 Å². The lowest BCUT2D eigenvalue weighted by atomic mass is 10.2. The van der Waals surface area contributed by atoms with E-state index in [1.165, 1.54) is 0 Å². The van der Waals surface area contributed by atoms with Crippen LogP contribution in [-0.2, 0) is 6.54 Å². The molecule has 0 unspecified atom stereocenters. The highest BCUT2D eigenvalue weighted by Crippen LogP contribution is 2.37. The number of aryl methyl sites for hydroxylation is 2. The monoisotopic (exact) mass is 338 g/mol. The van der Waals surface area contributed by atoms with Crippen molar-refractivity contribution in [2.75, 3.05) is 11.7 Å². The minimum Gasteiger partial charge on any atom is -0.454 e. The fraction of sp³-hybridized carbons (Fsp3) is 0.389. The molecular weight excluding hydrogens is 320 g/mol. The van der Waals surface area contributed by atoms with Gasteiger partial charge in [0.25, 0.3) is 5.71 Å². The Morgan fingerprint density at radius 3 is 2.76 bits per heavy atom. The van der Waals surface area contributed by atoms with E-state index >= 15 is 0 Å². The maximum absolute atomic E-state index is 5.62. The van der Waals surface area contributed by atoms with Crippen LogP contribution in [0, 0.1) is 13.8 Å². The molecule has 1 fully saturated rings. The summed E-state index contributed by atoms with van der Waals surface area (Å²) >= 11 is 0. The zero-order chi connectivity index (χ0) is 17.0. The predicted octanol–water partition coefficient (Wildman–Crippen LogP) is 3.13. The van der Waals surface area contributed by atoms with Crippen molar-refractivity contribution in [1.29, 1.82) is 0 Å². The van der Waals surface area contributed by atoms with E-state index in [-0.39, 0.29) is 6.79 Å². The number of nitrogens with zero attached hydrogens (tertiary/aromatic N) is 4. The second-order valence-corrected chi connectivity index (χ2v) is 6.53. The first kappa shape index (κ1) is 14.5. The average Bonchev–Trinajstić information content (AvgIpc) is 3.19. The quantitative estimate of drug-likeness (QED) is 0.723. The van der Waals surface area contributed by atoms with Gasteiger partial charge in [-0.3, -0.25) is 0 Å². The van der Waals surface area contributed by atoms with Crippen molar-refractivity contribution in [3.63, 3.8) is 0 Å². The molecule has 3 aromatic rings. The number of aromatic nitrogens is 3. The van der Waals surface area contributed by atoms with Crippen LogP contribution in [0.5, 0.6) is 11.5 Å². The lowest BCUT2D eigenvalue weighted by molar-refractivity contribution is 0.174. The van der Waals surface area contributed by atoms with Crippen molar-refractivity contribution < 1.29 is 13.9 Å². The zero-order valence-electron chi connectivity index (χ0n) is 14.2. The Kier molecular flexibility index (Phi) is 3.10. The highest BCUT2D eigenvalue weighted by atomic mass is 16.7. The molecule has 0 atom stereocenters. The summed E-state index contributed by atoms with van der Waals surface area (Å²) in [6.07, 6.45) is 2.32. The summed E-state index contributed by atoms with van der Waals surface area (Å²) in [6, 6.07) is 6.54. The average molecular weight is 338 g/mol. The second kappa shape index (κ2) is 5.34. The zero-order valence-corrected chi connectivity index (χ0v) is 14.2. The van der Waals surface area contributed by atoms with Crippen molar-refractivity contribution in [3.8, 4) is 11.5 Å². The van der Waals surface area contributed by atoms with E-state index < -0.39 is 0 Å². The molecule has 1 aliphatic carbocycles. The first-order valence-electron chi connectivity index (χ1n) is 8.44. The van der Waals surface area contributed by atoms with Crippen LogP contribution in [0.2, 0.25) is 0 Å². The topological polar surface area (TPSA) is 73.5 Å². The number of hydrogen-bond acceptors (Lipinski definition) is 7. The summed E-state index contributed by atoms with van der Waals surface area (Å²) in [5.74, 6) is 3.74. The molecule has 3 heterocycles. The molecule has 0 amide bonds. The minimum absolute atomic E-state index is 0.287. The first-order chi connectivity index (χ1) is 12.2. The van der Waals surface area contributed by atoms with Gasteiger partial charge in [-0.05, 0) is 37.5 Å². The van der Waals surface area contributed by atoms with Gasteiger partial charge in [-0.2, -0.15) is 4.98 Å². The molecule has 7 nitrogen and oxygen atoms in total. The molecule has 0 bridgehead atoms. The number of fused-ring (bicyclic) bond motifs is 2. The van der Waals surface area contributed by atoms with Crippen LogP contribution in [-0.4, -0.2) is 27.8 Å². The second-order valence-electron chi connectivity index (χ2n) is 6.53. The van der Waals surface area contributed by atoms with Crippen molar-refractivity contribution in [1.82, 2.24) is 15.0 Å². The minimum atomic E-state index is 0.287. The van der Waals surface area contributed by atoms with Gasteiger partial charge in [-0.1, -0.05) is 6.07 Å². The summed E-state index contributed by atoms with van der Waals surface area (Å²) < 4.78 is 16.5. The number of hydrogen-bond donors (Lipinski definition) is 0. The van der Waals surface area contributed by atoms with Crippen molar-refractivity contribution >= 4 is 17.0 Å². The fourth-order valence-electron chi connectivity index (χ4n) is 3.22. The van der Waals surface area contributed by atoms with Gasteiger partial charge in [-0.25, -0.2) is 9.97 Å². The summed E-state index contributed by atoms with van der Waals surface area (Å²) in [5.41, 5.74) is 2.44. The van der Waals surface area contributed by atoms with Gasteiger partial charge in [0.2, 0.25) is 6.79 Å². The maximum atomic E-state index is 5.62. The molecule has 1 saturated carbocycles. The largest absolute Gasteiger partial charge is 0.454 e. The molecule has 2 aromatic heterocycles. The summed E-state index contributed by atoms with van der Waals surface area (Å²) in [7, 11) is 0. The summed E-state index contributed by atoms with van der Waals surface area (Å²) in [4.78, 5) is 15.9. The molecule has 2 aliphatic rings. The molecule has 5 rings (SSSR count).